The van der Waals surface area contributed by atoms with Gasteiger partial charge >= 0.3 is 0 Å². The van der Waals surface area contributed by atoms with E-state index in [2.05, 4.69) is 5.32 Å². The van der Waals surface area contributed by atoms with E-state index < -0.39 is 24.0 Å². The van der Waals surface area contributed by atoms with E-state index in [0.29, 0.717) is 13.1 Å². The van der Waals surface area contributed by atoms with Gasteiger partial charge in [-0.15, -0.1) is 0 Å². The summed E-state index contributed by atoms with van der Waals surface area (Å²) in [6, 6.07) is 7.57. The van der Waals surface area contributed by atoms with Crippen LogP contribution in [0.1, 0.15) is 11.1 Å². The third kappa shape index (κ3) is 2.59. The van der Waals surface area contributed by atoms with Crippen molar-refractivity contribution in [3.63, 3.8) is 0 Å². The van der Waals surface area contributed by atoms with E-state index in [4.69, 9.17) is 0 Å². The number of nitrogens with zero attached hydrogens (tertiary/aromatic N) is 1. The molecule has 0 saturated carbocycles. The minimum atomic E-state index is -1.75. The van der Waals surface area contributed by atoms with Crippen LogP contribution in [0, 0.1) is 0 Å². The number of rotatable bonds is 3. The minimum Gasteiger partial charge on any atom is -0.380 e. The van der Waals surface area contributed by atoms with Crippen molar-refractivity contribution in [1.82, 2.24) is 10.2 Å². The number of aliphatic hydroxyl groups excluding tert-OH is 2. The average molecular weight is 264 g/mol. The molecule has 6 nitrogen and oxygen atoms in total. The topological polar surface area (TPSA) is 89.9 Å². The Kier molecular flexibility index (Phi) is 3.82. The van der Waals surface area contributed by atoms with Crippen LogP contribution in [-0.2, 0) is 22.7 Å². The summed E-state index contributed by atoms with van der Waals surface area (Å²) < 4.78 is 0. The highest BCUT2D eigenvalue weighted by Crippen LogP contribution is 2.23. The zero-order chi connectivity index (χ0) is 14.0. The normalized spacial score (nSPS) is 16.7. The second-order valence-electron chi connectivity index (χ2n) is 4.47. The van der Waals surface area contributed by atoms with Crippen molar-refractivity contribution < 1.29 is 19.8 Å². The fourth-order valence-corrected chi connectivity index (χ4v) is 2.10. The van der Waals surface area contributed by atoms with Gasteiger partial charge in [0, 0.05) is 20.1 Å². The standard InChI is InChI=1S/C13H16N2O4/c1-14-12(18)10(16)11(17)13(19)15-6-8-4-2-3-5-9(8)7-15/h2-5,10-11,16-17H,6-7H2,1H3,(H,14,18)/t10-,11-/m1/s1. The minimum absolute atomic E-state index is 0.381. The largest absolute Gasteiger partial charge is 0.380 e. The van der Waals surface area contributed by atoms with Gasteiger partial charge in [-0.1, -0.05) is 24.3 Å². The van der Waals surface area contributed by atoms with E-state index in [1.54, 1.807) is 0 Å². The van der Waals surface area contributed by atoms with E-state index in [1.165, 1.54) is 11.9 Å². The van der Waals surface area contributed by atoms with Crippen molar-refractivity contribution in [3.05, 3.63) is 35.4 Å². The van der Waals surface area contributed by atoms with Gasteiger partial charge in [-0.25, -0.2) is 0 Å². The molecular weight excluding hydrogens is 248 g/mol. The maximum absolute atomic E-state index is 12.0. The van der Waals surface area contributed by atoms with Gasteiger partial charge in [0.1, 0.15) is 0 Å². The highest BCUT2D eigenvalue weighted by Gasteiger charge is 2.34. The van der Waals surface area contributed by atoms with Gasteiger partial charge in [-0.2, -0.15) is 0 Å². The van der Waals surface area contributed by atoms with E-state index in [-0.39, 0.29) is 0 Å². The number of likely N-dealkylation sites (N-methyl/N-ethyl adjacent to an activating group) is 1. The molecule has 0 fully saturated rings. The molecule has 3 N–H and O–H groups in total. The first-order chi connectivity index (χ1) is 9.04. The quantitative estimate of drug-likeness (QED) is 0.653. The van der Waals surface area contributed by atoms with Crippen molar-refractivity contribution in [2.45, 2.75) is 25.3 Å². The molecule has 102 valence electrons. The maximum Gasteiger partial charge on any atom is 0.255 e. The van der Waals surface area contributed by atoms with Gasteiger partial charge < -0.3 is 20.4 Å². The summed E-state index contributed by atoms with van der Waals surface area (Å²) in [5.41, 5.74) is 2.02. The molecule has 1 aromatic carbocycles. The zero-order valence-electron chi connectivity index (χ0n) is 10.5. The highest BCUT2D eigenvalue weighted by atomic mass is 16.3. The molecule has 0 spiro atoms. The van der Waals surface area contributed by atoms with Crippen molar-refractivity contribution >= 4 is 11.8 Å². The van der Waals surface area contributed by atoms with Gasteiger partial charge in [0.05, 0.1) is 0 Å². The first kappa shape index (κ1) is 13.5. The molecule has 1 aliphatic rings. The number of benzene rings is 1. The lowest BCUT2D eigenvalue weighted by molar-refractivity contribution is -0.153. The number of nitrogens with one attached hydrogen (secondary N) is 1. The highest BCUT2D eigenvalue weighted by molar-refractivity contribution is 5.90. The Bertz CT molecular complexity index is 478. The molecule has 2 amide bonds. The smallest absolute Gasteiger partial charge is 0.255 e. The predicted octanol–water partition coefficient (Wildman–Crippen LogP) is -1.00. The van der Waals surface area contributed by atoms with Crippen LogP contribution in [0.15, 0.2) is 24.3 Å². The summed E-state index contributed by atoms with van der Waals surface area (Å²) in [7, 11) is 1.33. The molecule has 1 heterocycles. The van der Waals surface area contributed by atoms with Gasteiger partial charge in [0.2, 0.25) is 0 Å². The molecule has 0 aromatic heterocycles. The monoisotopic (exact) mass is 264 g/mol. The molecule has 6 heteroatoms. The zero-order valence-corrected chi connectivity index (χ0v) is 10.5. The van der Waals surface area contributed by atoms with Crippen LogP contribution in [-0.4, -0.2) is 46.2 Å². The first-order valence-electron chi connectivity index (χ1n) is 5.98. The summed E-state index contributed by atoms with van der Waals surface area (Å²) in [6.07, 6.45) is -3.49. The molecule has 19 heavy (non-hydrogen) atoms. The van der Waals surface area contributed by atoms with Crippen molar-refractivity contribution in [3.8, 4) is 0 Å². The molecule has 1 aliphatic heterocycles. The Morgan fingerprint density at radius 2 is 1.68 bits per heavy atom. The summed E-state index contributed by atoms with van der Waals surface area (Å²) >= 11 is 0. The third-order valence-corrected chi connectivity index (χ3v) is 3.22. The number of carbonyl (C=O) groups is 2. The lowest BCUT2D eigenvalue weighted by Gasteiger charge is -2.22. The van der Waals surface area contributed by atoms with E-state index in [9.17, 15) is 19.8 Å². The van der Waals surface area contributed by atoms with Crippen LogP contribution < -0.4 is 5.32 Å². The van der Waals surface area contributed by atoms with Crippen LogP contribution in [0.3, 0.4) is 0 Å². The number of fused-ring (bicyclic) bond motifs is 1. The fraction of sp³-hybridized carbons (Fsp3) is 0.385. The molecule has 0 radical (unpaired) electrons. The summed E-state index contributed by atoms with van der Waals surface area (Å²) in [5.74, 6) is -1.43. The number of amides is 2. The fourth-order valence-electron chi connectivity index (χ4n) is 2.10. The molecule has 1 aromatic rings. The van der Waals surface area contributed by atoms with E-state index in [0.717, 1.165) is 11.1 Å². The average Bonchev–Trinajstić information content (AvgIpc) is 2.87. The first-order valence-corrected chi connectivity index (χ1v) is 5.98. The number of aliphatic hydroxyl groups is 2. The lowest BCUT2D eigenvalue weighted by atomic mass is 10.1. The van der Waals surface area contributed by atoms with E-state index >= 15 is 0 Å². The van der Waals surface area contributed by atoms with Crippen molar-refractivity contribution in [2.75, 3.05) is 7.05 Å². The molecule has 0 bridgehead atoms. The Morgan fingerprint density at radius 3 is 2.16 bits per heavy atom. The summed E-state index contributed by atoms with van der Waals surface area (Å²) in [4.78, 5) is 24.6. The SMILES string of the molecule is CNC(=O)[C@H](O)[C@@H](O)C(=O)N1Cc2ccccc2C1. The van der Waals surface area contributed by atoms with Crippen LogP contribution in [0.4, 0.5) is 0 Å². The predicted molar refractivity (Wildman–Crippen MR) is 66.8 cm³/mol. The van der Waals surface area contributed by atoms with Crippen LogP contribution in [0.25, 0.3) is 0 Å². The van der Waals surface area contributed by atoms with Gasteiger partial charge in [0.15, 0.2) is 12.2 Å². The second-order valence-corrected chi connectivity index (χ2v) is 4.47. The maximum atomic E-state index is 12.0. The molecule has 0 aliphatic carbocycles. The van der Waals surface area contributed by atoms with Gasteiger partial charge in [-0.3, -0.25) is 9.59 Å². The number of hydrogen-bond donors (Lipinski definition) is 3. The van der Waals surface area contributed by atoms with Crippen molar-refractivity contribution in [2.24, 2.45) is 0 Å². The summed E-state index contributed by atoms with van der Waals surface area (Å²) in [5, 5.41) is 21.4. The molecule has 2 atom stereocenters. The van der Waals surface area contributed by atoms with E-state index in [1.807, 2.05) is 24.3 Å². The van der Waals surface area contributed by atoms with Gasteiger partial charge in [-0.05, 0) is 11.1 Å². The Balaban J connectivity index is 2.05. The Hall–Kier alpha value is -1.92. The van der Waals surface area contributed by atoms with Crippen LogP contribution >= 0.6 is 0 Å². The third-order valence-electron chi connectivity index (χ3n) is 3.22. The number of hydrogen-bond acceptors (Lipinski definition) is 4. The molecule has 0 saturated heterocycles. The van der Waals surface area contributed by atoms with Crippen LogP contribution in [0.5, 0.6) is 0 Å². The summed E-state index contributed by atoms with van der Waals surface area (Å²) in [6.45, 7) is 0.763. The Morgan fingerprint density at radius 1 is 1.16 bits per heavy atom. The Labute approximate surface area is 110 Å². The second kappa shape index (κ2) is 5.38. The lowest BCUT2D eigenvalue weighted by Crippen LogP contribution is -2.49. The molecular formula is C13H16N2O4. The molecule has 2 rings (SSSR count). The van der Waals surface area contributed by atoms with Gasteiger partial charge in [0.25, 0.3) is 11.8 Å². The molecule has 0 unspecified atom stereocenters. The van der Waals surface area contributed by atoms with Crippen molar-refractivity contribution in [1.29, 1.82) is 0 Å². The number of carbonyl (C=O) groups excluding carboxylic acids is 2. The van der Waals surface area contributed by atoms with Crippen LogP contribution in [0.2, 0.25) is 0 Å².